The summed E-state index contributed by atoms with van der Waals surface area (Å²) in [7, 11) is 1.51. The molecule has 2 amide bonds. The van der Waals surface area contributed by atoms with Gasteiger partial charge < -0.3 is 20.5 Å². The average molecular weight is 431 g/mol. The summed E-state index contributed by atoms with van der Waals surface area (Å²) in [5.74, 6) is -0.277. The molecule has 0 spiro atoms. The minimum atomic E-state index is -0.562. The quantitative estimate of drug-likeness (QED) is 0.621. The number of hydrogen-bond donors (Lipinski definition) is 3. The molecular weight excluding hydrogens is 392 g/mol. The Morgan fingerprint density at radius 3 is 2.58 bits per heavy atom. The third-order valence-electron chi connectivity index (χ3n) is 7.87. The molecule has 1 aromatic carbocycles. The van der Waals surface area contributed by atoms with Crippen molar-refractivity contribution in [3.63, 3.8) is 0 Å². The molecule has 0 saturated heterocycles. The van der Waals surface area contributed by atoms with Gasteiger partial charge >= 0.3 is 0 Å². The number of methoxy groups -OCH3 is 1. The number of aliphatic hydroxyl groups is 1. The van der Waals surface area contributed by atoms with E-state index in [1.165, 1.54) is 7.11 Å². The van der Waals surface area contributed by atoms with E-state index in [1.807, 2.05) is 37.3 Å². The summed E-state index contributed by atoms with van der Waals surface area (Å²) in [6, 6.07) is 9.89. The van der Waals surface area contributed by atoms with Crippen molar-refractivity contribution in [3.8, 4) is 0 Å². The van der Waals surface area contributed by atoms with Crippen molar-refractivity contribution >= 4 is 11.8 Å². The van der Waals surface area contributed by atoms with Crippen molar-refractivity contribution in [2.24, 2.45) is 29.1 Å². The third kappa shape index (κ3) is 5.29. The average Bonchev–Trinajstić information content (AvgIpc) is 2.75. The minimum Gasteiger partial charge on any atom is -0.392 e. The van der Waals surface area contributed by atoms with E-state index < -0.39 is 6.10 Å². The molecule has 0 heterocycles. The van der Waals surface area contributed by atoms with Gasteiger partial charge in [0.25, 0.3) is 0 Å². The van der Waals surface area contributed by atoms with E-state index in [2.05, 4.69) is 24.5 Å². The molecule has 1 aromatic rings. The van der Waals surface area contributed by atoms with Crippen LogP contribution in [0, 0.1) is 29.1 Å². The van der Waals surface area contributed by atoms with E-state index in [4.69, 9.17) is 4.74 Å². The van der Waals surface area contributed by atoms with Crippen LogP contribution in [0.3, 0.4) is 0 Å². The molecule has 6 nitrogen and oxygen atoms in total. The first-order valence-electron chi connectivity index (χ1n) is 11.5. The Hall–Kier alpha value is -1.92. The fourth-order valence-corrected chi connectivity index (χ4v) is 6.02. The maximum atomic E-state index is 12.9. The summed E-state index contributed by atoms with van der Waals surface area (Å²) >= 11 is 0. The Bertz CT molecular complexity index is 755. The number of benzene rings is 1. The predicted octanol–water partition coefficient (Wildman–Crippen LogP) is 2.89. The molecule has 6 heteroatoms. The van der Waals surface area contributed by atoms with Gasteiger partial charge in [-0.3, -0.25) is 9.59 Å². The molecule has 0 radical (unpaired) electrons. The second-order valence-electron chi connectivity index (χ2n) is 9.87. The Labute approximate surface area is 186 Å². The maximum absolute atomic E-state index is 12.9. The van der Waals surface area contributed by atoms with Crippen LogP contribution in [0.15, 0.2) is 30.3 Å². The van der Waals surface area contributed by atoms with Gasteiger partial charge in [0.1, 0.15) is 6.61 Å². The summed E-state index contributed by atoms with van der Waals surface area (Å²) in [5.41, 5.74) is 1.10. The summed E-state index contributed by atoms with van der Waals surface area (Å²) in [6.07, 6.45) is 3.17. The summed E-state index contributed by atoms with van der Waals surface area (Å²) in [4.78, 5) is 24.9. The van der Waals surface area contributed by atoms with Crippen LogP contribution in [0.1, 0.15) is 52.0 Å². The molecule has 2 aliphatic rings. The monoisotopic (exact) mass is 430 g/mol. The maximum Gasteiger partial charge on any atom is 0.246 e. The highest BCUT2D eigenvalue weighted by molar-refractivity contribution is 5.78. The summed E-state index contributed by atoms with van der Waals surface area (Å²) < 4.78 is 4.95. The predicted molar refractivity (Wildman–Crippen MR) is 120 cm³/mol. The van der Waals surface area contributed by atoms with E-state index in [1.54, 1.807) is 0 Å². The van der Waals surface area contributed by atoms with Crippen molar-refractivity contribution in [2.75, 3.05) is 13.7 Å². The van der Waals surface area contributed by atoms with Crippen LogP contribution in [0.25, 0.3) is 0 Å². The zero-order chi connectivity index (χ0) is 22.6. The second kappa shape index (κ2) is 10.1. The Kier molecular flexibility index (Phi) is 7.76. The highest BCUT2D eigenvalue weighted by Crippen LogP contribution is 2.55. The van der Waals surface area contributed by atoms with E-state index in [0.29, 0.717) is 6.54 Å². The Balaban J connectivity index is 1.66. The molecule has 0 aromatic heterocycles. The normalized spacial score (nSPS) is 33.8. The smallest absolute Gasteiger partial charge is 0.246 e. The van der Waals surface area contributed by atoms with Gasteiger partial charge in [0, 0.05) is 25.6 Å². The van der Waals surface area contributed by atoms with Gasteiger partial charge in [-0.1, -0.05) is 51.1 Å². The van der Waals surface area contributed by atoms with Crippen LogP contribution < -0.4 is 10.6 Å². The first-order chi connectivity index (χ1) is 14.8. The number of nitrogens with one attached hydrogen (secondary N) is 2. The number of rotatable bonds is 7. The fourth-order valence-electron chi connectivity index (χ4n) is 6.02. The van der Waals surface area contributed by atoms with Crippen LogP contribution in [0.4, 0.5) is 0 Å². The van der Waals surface area contributed by atoms with Crippen molar-refractivity contribution in [1.29, 1.82) is 0 Å². The zero-order valence-electron chi connectivity index (χ0n) is 19.3. The third-order valence-corrected chi connectivity index (χ3v) is 7.87. The van der Waals surface area contributed by atoms with Crippen molar-refractivity contribution < 1.29 is 19.4 Å². The van der Waals surface area contributed by atoms with Crippen molar-refractivity contribution in [3.05, 3.63) is 35.9 Å². The van der Waals surface area contributed by atoms with Crippen LogP contribution in [-0.4, -0.2) is 42.8 Å². The molecule has 0 unspecified atom stereocenters. The second-order valence-corrected chi connectivity index (χ2v) is 9.87. The fraction of sp³-hybridized carbons (Fsp3) is 0.680. The standard InChI is InChI=1S/C25H38N2O4/c1-16(24(30)26-14-18-8-6-5-7-9-18)19-10-12-25(3)13-11-20(27-21(28)15-31-4)17(2)22(25)23(19)29/h5-9,16-17,19-20,22-23,29H,10-15H2,1-4H3,(H,26,30)(H,27,28)/t16-,17-,19+,20-,22+,23-,25+/m0/s1. The molecule has 2 aliphatic carbocycles. The van der Waals surface area contributed by atoms with Gasteiger partial charge in [-0.25, -0.2) is 0 Å². The highest BCUT2D eigenvalue weighted by Gasteiger charge is 2.53. The lowest BCUT2D eigenvalue weighted by Gasteiger charge is -2.56. The van der Waals surface area contributed by atoms with Crippen LogP contribution in [0.2, 0.25) is 0 Å². The topological polar surface area (TPSA) is 87.7 Å². The Morgan fingerprint density at radius 1 is 1.23 bits per heavy atom. The number of aliphatic hydroxyl groups excluding tert-OH is 1. The molecule has 3 rings (SSSR count). The Morgan fingerprint density at radius 2 is 1.90 bits per heavy atom. The van der Waals surface area contributed by atoms with E-state index in [0.717, 1.165) is 31.2 Å². The van der Waals surface area contributed by atoms with Crippen molar-refractivity contribution in [2.45, 2.75) is 65.1 Å². The molecule has 7 atom stereocenters. The number of carbonyl (C=O) groups is 2. The van der Waals surface area contributed by atoms with Crippen LogP contribution in [0.5, 0.6) is 0 Å². The highest BCUT2D eigenvalue weighted by atomic mass is 16.5. The van der Waals surface area contributed by atoms with Gasteiger partial charge in [-0.05, 0) is 54.4 Å². The number of fused-ring (bicyclic) bond motifs is 1. The van der Waals surface area contributed by atoms with Gasteiger partial charge in [0.2, 0.25) is 11.8 Å². The van der Waals surface area contributed by atoms with Gasteiger partial charge in [-0.15, -0.1) is 0 Å². The molecule has 3 N–H and O–H groups in total. The molecule has 2 fully saturated rings. The van der Waals surface area contributed by atoms with Gasteiger partial charge in [-0.2, -0.15) is 0 Å². The number of hydrogen-bond acceptors (Lipinski definition) is 4. The summed E-state index contributed by atoms with van der Waals surface area (Å²) in [6.45, 7) is 6.88. The first-order valence-corrected chi connectivity index (χ1v) is 11.5. The lowest BCUT2D eigenvalue weighted by molar-refractivity contribution is -0.144. The van der Waals surface area contributed by atoms with Crippen LogP contribution in [-0.2, 0) is 20.9 Å². The molecule has 0 bridgehead atoms. The first kappa shape index (κ1) is 23.7. The van der Waals surface area contributed by atoms with E-state index in [-0.39, 0.29) is 53.5 Å². The molecular formula is C25H38N2O4. The zero-order valence-corrected chi connectivity index (χ0v) is 19.3. The van der Waals surface area contributed by atoms with Crippen molar-refractivity contribution in [1.82, 2.24) is 10.6 Å². The largest absolute Gasteiger partial charge is 0.392 e. The van der Waals surface area contributed by atoms with E-state index in [9.17, 15) is 14.7 Å². The number of ether oxygens (including phenoxy) is 1. The number of amides is 2. The van der Waals surface area contributed by atoms with Gasteiger partial charge in [0.15, 0.2) is 0 Å². The van der Waals surface area contributed by atoms with Gasteiger partial charge in [0.05, 0.1) is 6.10 Å². The number of carbonyl (C=O) groups excluding carboxylic acids is 2. The minimum absolute atomic E-state index is 0.00934. The molecule has 172 valence electrons. The molecule has 31 heavy (non-hydrogen) atoms. The SMILES string of the molecule is COCC(=O)N[C@H]1CC[C@@]2(C)CC[C@H]([C@H](C)C(=O)NCc3ccccc3)[C@H](O)[C@H]2[C@H]1C. The lowest BCUT2D eigenvalue weighted by atomic mass is 9.51. The van der Waals surface area contributed by atoms with E-state index >= 15 is 0 Å². The summed E-state index contributed by atoms with van der Waals surface area (Å²) in [5, 5.41) is 17.6. The lowest BCUT2D eigenvalue weighted by Crippen LogP contribution is -2.58. The molecule has 0 aliphatic heterocycles. The molecule has 2 saturated carbocycles. The van der Waals surface area contributed by atoms with Crippen LogP contribution >= 0.6 is 0 Å².